The minimum Gasteiger partial charge on any atom is -0.490 e. The molecule has 1 fully saturated rings. The quantitative estimate of drug-likeness (QED) is 0.781. The second-order valence-electron chi connectivity index (χ2n) is 6.82. The number of rotatable bonds is 8. The minimum atomic E-state index is -0.0361. The highest BCUT2D eigenvalue weighted by atomic mass is 16.5. The molecule has 0 aliphatic carbocycles. The van der Waals surface area contributed by atoms with Crippen molar-refractivity contribution in [2.24, 2.45) is 0 Å². The second kappa shape index (κ2) is 9.66. The Balaban J connectivity index is 1.98. The van der Waals surface area contributed by atoms with Crippen LogP contribution >= 0.6 is 0 Å². The van der Waals surface area contributed by atoms with Gasteiger partial charge in [-0.2, -0.15) is 0 Å². The van der Waals surface area contributed by atoms with Crippen molar-refractivity contribution in [1.82, 2.24) is 10.2 Å². The summed E-state index contributed by atoms with van der Waals surface area (Å²) in [5.41, 5.74) is 0.624. The average Bonchev–Trinajstić information content (AvgIpc) is 2.61. The van der Waals surface area contributed by atoms with E-state index in [9.17, 15) is 4.79 Å². The Morgan fingerprint density at radius 2 is 1.92 bits per heavy atom. The highest BCUT2D eigenvalue weighted by molar-refractivity contribution is 5.95. The summed E-state index contributed by atoms with van der Waals surface area (Å²) in [5.74, 6) is 1.30. The van der Waals surface area contributed by atoms with Crippen molar-refractivity contribution in [3.63, 3.8) is 0 Å². The molecule has 1 aromatic rings. The predicted octanol–water partition coefficient (Wildman–Crippen LogP) is 3.48. The van der Waals surface area contributed by atoms with Gasteiger partial charge in [0.1, 0.15) is 0 Å². The van der Waals surface area contributed by atoms with Gasteiger partial charge in [0.2, 0.25) is 0 Å². The largest absolute Gasteiger partial charge is 0.490 e. The Bertz CT molecular complexity index is 552. The number of likely N-dealkylation sites (tertiary alicyclic amines) is 1. The molecule has 1 amide bonds. The highest BCUT2D eigenvalue weighted by Gasteiger charge is 2.22. The maximum absolute atomic E-state index is 12.6. The molecule has 0 radical (unpaired) electrons. The van der Waals surface area contributed by atoms with Crippen molar-refractivity contribution in [3.8, 4) is 11.5 Å². The molecule has 0 atom stereocenters. The van der Waals surface area contributed by atoms with Crippen LogP contribution in [-0.4, -0.2) is 49.2 Å². The standard InChI is InChI=1S/C20H32N2O3/c1-5-13-25-18-8-7-16(14-19(18)24-6-2)20(23)21-17-9-11-22(12-10-17)15(3)4/h7-8,14-15,17H,5-6,9-13H2,1-4H3,(H,21,23). The number of amides is 1. The third kappa shape index (κ3) is 5.63. The van der Waals surface area contributed by atoms with Crippen LogP contribution in [0, 0.1) is 0 Å². The van der Waals surface area contributed by atoms with Crippen LogP contribution in [0.15, 0.2) is 18.2 Å². The van der Waals surface area contributed by atoms with Crippen LogP contribution in [0.1, 0.15) is 57.3 Å². The van der Waals surface area contributed by atoms with Gasteiger partial charge in [-0.25, -0.2) is 0 Å². The van der Waals surface area contributed by atoms with E-state index < -0.39 is 0 Å². The van der Waals surface area contributed by atoms with Crippen LogP contribution in [0.2, 0.25) is 0 Å². The average molecular weight is 348 g/mol. The molecule has 140 valence electrons. The molecule has 0 saturated carbocycles. The van der Waals surface area contributed by atoms with Crippen molar-refractivity contribution in [2.45, 2.75) is 59.0 Å². The van der Waals surface area contributed by atoms with Crippen LogP contribution in [0.3, 0.4) is 0 Å². The van der Waals surface area contributed by atoms with Crippen LogP contribution in [0.25, 0.3) is 0 Å². The number of nitrogens with one attached hydrogen (secondary N) is 1. The molecule has 1 saturated heterocycles. The molecular weight excluding hydrogens is 316 g/mol. The van der Waals surface area contributed by atoms with Gasteiger partial charge in [0, 0.05) is 30.7 Å². The fourth-order valence-corrected chi connectivity index (χ4v) is 3.08. The van der Waals surface area contributed by atoms with Crippen molar-refractivity contribution < 1.29 is 14.3 Å². The van der Waals surface area contributed by atoms with Crippen LogP contribution in [-0.2, 0) is 0 Å². The number of hydrogen-bond acceptors (Lipinski definition) is 4. The Morgan fingerprint density at radius 1 is 1.20 bits per heavy atom. The fourth-order valence-electron chi connectivity index (χ4n) is 3.08. The van der Waals surface area contributed by atoms with E-state index in [1.54, 1.807) is 6.07 Å². The van der Waals surface area contributed by atoms with E-state index in [1.165, 1.54) is 0 Å². The van der Waals surface area contributed by atoms with Crippen LogP contribution in [0.4, 0.5) is 0 Å². The first-order valence-electron chi connectivity index (χ1n) is 9.49. The predicted molar refractivity (Wildman–Crippen MR) is 101 cm³/mol. The summed E-state index contributed by atoms with van der Waals surface area (Å²) < 4.78 is 11.3. The zero-order chi connectivity index (χ0) is 18.2. The lowest BCUT2D eigenvalue weighted by Gasteiger charge is -2.34. The number of nitrogens with zero attached hydrogens (tertiary/aromatic N) is 1. The van der Waals surface area contributed by atoms with Crippen molar-refractivity contribution in [1.29, 1.82) is 0 Å². The Labute approximate surface area is 151 Å². The summed E-state index contributed by atoms with van der Waals surface area (Å²) in [5, 5.41) is 3.16. The number of benzene rings is 1. The number of ether oxygens (including phenoxy) is 2. The van der Waals surface area contributed by atoms with E-state index >= 15 is 0 Å². The summed E-state index contributed by atoms with van der Waals surface area (Å²) in [7, 11) is 0. The molecule has 0 unspecified atom stereocenters. The molecule has 1 aliphatic rings. The Hall–Kier alpha value is -1.75. The molecule has 5 heteroatoms. The summed E-state index contributed by atoms with van der Waals surface area (Å²) >= 11 is 0. The molecule has 0 spiro atoms. The van der Waals surface area contributed by atoms with Gasteiger partial charge in [0.05, 0.1) is 13.2 Å². The number of hydrogen-bond donors (Lipinski definition) is 1. The van der Waals surface area contributed by atoms with Gasteiger partial charge in [0.15, 0.2) is 11.5 Å². The van der Waals surface area contributed by atoms with Gasteiger partial charge >= 0.3 is 0 Å². The van der Waals surface area contributed by atoms with Gasteiger partial charge in [0.25, 0.3) is 5.91 Å². The molecule has 1 aromatic carbocycles. The molecule has 0 aromatic heterocycles. The van der Waals surface area contributed by atoms with Crippen molar-refractivity contribution >= 4 is 5.91 Å². The lowest BCUT2D eigenvalue weighted by atomic mass is 10.0. The zero-order valence-corrected chi connectivity index (χ0v) is 16.0. The normalized spacial score (nSPS) is 16.0. The van der Waals surface area contributed by atoms with Crippen LogP contribution < -0.4 is 14.8 Å². The molecular formula is C20H32N2O3. The second-order valence-corrected chi connectivity index (χ2v) is 6.82. The first-order valence-corrected chi connectivity index (χ1v) is 9.49. The first-order chi connectivity index (χ1) is 12.0. The molecule has 2 rings (SSSR count). The van der Waals surface area contributed by atoms with Crippen LogP contribution in [0.5, 0.6) is 11.5 Å². The molecule has 5 nitrogen and oxygen atoms in total. The lowest BCUT2D eigenvalue weighted by Crippen LogP contribution is -2.46. The minimum absolute atomic E-state index is 0.0361. The van der Waals surface area contributed by atoms with Gasteiger partial charge in [-0.3, -0.25) is 4.79 Å². The SMILES string of the molecule is CCCOc1ccc(C(=O)NC2CCN(C(C)C)CC2)cc1OCC. The van der Waals surface area contributed by atoms with Gasteiger partial charge in [-0.1, -0.05) is 6.92 Å². The topological polar surface area (TPSA) is 50.8 Å². The van der Waals surface area contributed by atoms with E-state index in [-0.39, 0.29) is 11.9 Å². The maximum atomic E-state index is 12.6. The van der Waals surface area contributed by atoms with Gasteiger partial charge in [-0.15, -0.1) is 0 Å². The molecule has 0 bridgehead atoms. The molecule has 1 N–H and O–H groups in total. The molecule has 1 heterocycles. The third-order valence-electron chi connectivity index (χ3n) is 4.56. The highest BCUT2D eigenvalue weighted by Crippen LogP contribution is 2.29. The summed E-state index contributed by atoms with van der Waals surface area (Å²) in [6, 6.07) is 6.24. The summed E-state index contributed by atoms with van der Waals surface area (Å²) in [6.45, 7) is 11.7. The Morgan fingerprint density at radius 3 is 2.52 bits per heavy atom. The maximum Gasteiger partial charge on any atom is 0.251 e. The van der Waals surface area contributed by atoms with Gasteiger partial charge < -0.3 is 19.7 Å². The van der Waals surface area contributed by atoms with E-state index in [1.807, 2.05) is 19.1 Å². The van der Waals surface area contributed by atoms with Gasteiger partial charge in [-0.05, 0) is 58.2 Å². The van der Waals surface area contributed by atoms with Crippen molar-refractivity contribution in [2.75, 3.05) is 26.3 Å². The Kier molecular flexibility index (Phi) is 7.56. The monoisotopic (exact) mass is 348 g/mol. The van der Waals surface area contributed by atoms with E-state index in [2.05, 4.69) is 31.0 Å². The van der Waals surface area contributed by atoms with Crippen molar-refractivity contribution in [3.05, 3.63) is 23.8 Å². The smallest absolute Gasteiger partial charge is 0.251 e. The van der Waals surface area contributed by atoms with E-state index in [0.717, 1.165) is 32.4 Å². The number of carbonyl (C=O) groups excluding carboxylic acids is 1. The molecule has 25 heavy (non-hydrogen) atoms. The first kappa shape index (κ1) is 19.6. The molecule has 1 aliphatic heterocycles. The summed E-state index contributed by atoms with van der Waals surface area (Å²) in [4.78, 5) is 15.0. The third-order valence-corrected chi connectivity index (χ3v) is 4.56. The number of piperidine rings is 1. The fraction of sp³-hybridized carbons (Fsp3) is 0.650. The summed E-state index contributed by atoms with van der Waals surface area (Å²) in [6.07, 6.45) is 2.93. The zero-order valence-electron chi connectivity index (χ0n) is 16.0. The van der Waals surface area contributed by atoms with E-state index in [0.29, 0.717) is 36.3 Å². The van der Waals surface area contributed by atoms with E-state index in [4.69, 9.17) is 9.47 Å². The lowest BCUT2D eigenvalue weighted by molar-refractivity contribution is 0.0900. The number of carbonyl (C=O) groups is 1.